The Kier molecular flexibility index (Phi) is 4.99. The van der Waals surface area contributed by atoms with Crippen LogP contribution in [0.15, 0.2) is 18.2 Å². The highest BCUT2D eigenvalue weighted by Crippen LogP contribution is 2.30. The molecule has 1 aromatic rings. The van der Waals surface area contributed by atoms with Crippen LogP contribution in [0.2, 0.25) is 0 Å². The van der Waals surface area contributed by atoms with Crippen LogP contribution in [-0.2, 0) is 0 Å². The Balaban J connectivity index is 1.77. The van der Waals surface area contributed by atoms with E-state index >= 15 is 0 Å². The summed E-state index contributed by atoms with van der Waals surface area (Å²) in [7, 11) is 0. The molecule has 4 heteroatoms. The van der Waals surface area contributed by atoms with Crippen molar-refractivity contribution >= 4 is 5.69 Å². The van der Waals surface area contributed by atoms with Crippen molar-refractivity contribution in [2.24, 2.45) is 0 Å². The van der Waals surface area contributed by atoms with Gasteiger partial charge in [-0.3, -0.25) is 4.90 Å². The molecule has 1 atom stereocenters. The van der Waals surface area contributed by atoms with E-state index in [2.05, 4.69) is 47.2 Å². The molecule has 1 unspecified atom stereocenters. The lowest BCUT2D eigenvalue weighted by molar-refractivity contribution is 0.185. The zero-order valence-electron chi connectivity index (χ0n) is 13.8. The molecule has 2 aliphatic heterocycles. The summed E-state index contributed by atoms with van der Waals surface area (Å²) in [5.74, 6) is 0. The van der Waals surface area contributed by atoms with E-state index < -0.39 is 6.17 Å². The summed E-state index contributed by atoms with van der Waals surface area (Å²) in [5, 5.41) is 3.41. The van der Waals surface area contributed by atoms with E-state index in [9.17, 15) is 4.39 Å². The van der Waals surface area contributed by atoms with E-state index in [-0.39, 0.29) is 0 Å². The van der Waals surface area contributed by atoms with Crippen LogP contribution in [0.3, 0.4) is 0 Å². The van der Waals surface area contributed by atoms with Crippen molar-refractivity contribution in [1.82, 2.24) is 10.2 Å². The Labute approximate surface area is 133 Å². The molecule has 2 fully saturated rings. The third kappa shape index (κ3) is 3.44. The van der Waals surface area contributed by atoms with Gasteiger partial charge in [0.15, 0.2) is 0 Å². The number of anilines is 1. The van der Waals surface area contributed by atoms with Crippen molar-refractivity contribution in [1.29, 1.82) is 0 Å². The van der Waals surface area contributed by atoms with Gasteiger partial charge in [0.05, 0.1) is 0 Å². The second-order valence-corrected chi connectivity index (χ2v) is 6.67. The Morgan fingerprint density at radius 1 is 1.14 bits per heavy atom. The Hall–Kier alpha value is -1.13. The van der Waals surface area contributed by atoms with Crippen LogP contribution in [0, 0.1) is 6.92 Å². The zero-order chi connectivity index (χ0) is 15.5. The fraction of sp³-hybridized carbons (Fsp3) is 0.667. The van der Waals surface area contributed by atoms with Crippen LogP contribution in [0.25, 0.3) is 0 Å². The summed E-state index contributed by atoms with van der Waals surface area (Å²) in [6, 6.07) is 7.26. The molecule has 3 rings (SSSR count). The van der Waals surface area contributed by atoms with Gasteiger partial charge in [-0.25, -0.2) is 4.39 Å². The smallest absolute Gasteiger partial charge is 0.103 e. The lowest BCUT2D eigenvalue weighted by Gasteiger charge is -2.35. The molecule has 0 bridgehead atoms. The molecule has 0 aliphatic carbocycles. The lowest BCUT2D eigenvalue weighted by Crippen LogP contribution is -2.44. The minimum Gasteiger partial charge on any atom is -0.371 e. The molecule has 2 heterocycles. The molecule has 22 heavy (non-hydrogen) atoms. The second-order valence-electron chi connectivity index (χ2n) is 6.67. The lowest BCUT2D eigenvalue weighted by atomic mass is 10.0. The van der Waals surface area contributed by atoms with E-state index in [0.29, 0.717) is 18.9 Å². The van der Waals surface area contributed by atoms with Gasteiger partial charge in [-0.15, -0.1) is 0 Å². The fourth-order valence-electron chi connectivity index (χ4n) is 3.60. The average Bonchev–Trinajstić information content (AvgIpc) is 2.56. The predicted molar refractivity (Wildman–Crippen MR) is 90.4 cm³/mol. The number of halogens is 1. The first kappa shape index (κ1) is 15.8. The zero-order valence-corrected chi connectivity index (χ0v) is 13.8. The maximum absolute atomic E-state index is 13.4. The van der Waals surface area contributed by atoms with Crippen LogP contribution in [0.1, 0.15) is 36.9 Å². The molecule has 122 valence electrons. The second kappa shape index (κ2) is 6.97. The van der Waals surface area contributed by atoms with Gasteiger partial charge >= 0.3 is 0 Å². The monoisotopic (exact) mass is 305 g/mol. The van der Waals surface area contributed by atoms with Crippen molar-refractivity contribution in [2.75, 3.05) is 44.2 Å². The van der Waals surface area contributed by atoms with Gasteiger partial charge in [0, 0.05) is 51.0 Å². The molecule has 2 aliphatic rings. The first-order chi connectivity index (χ1) is 10.6. The number of rotatable bonds is 3. The third-order valence-corrected chi connectivity index (χ3v) is 5.18. The van der Waals surface area contributed by atoms with E-state index in [4.69, 9.17) is 0 Å². The van der Waals surface area contributed by atoms with Crippen LogP contribution < -0.4 is 10.2 Å². The molecule has 0 amide bonds. The first-order valence-corrected chi connectivity index (χ1v) is 8.59. The summed E-state index contributed by atoms with van der Waals surface area (Å²) >= 11 is 0. The van der Waals surface area contributed by atoms with Crippen molar-refractivity contribution in [3.05, 3.63) is 29.3 Å². The summed E-state index contributed by atoms with van der Waals surface area (Å²) in [6.07, 6.45) is 0.716. The number of benzene rings is 1. The number of piperidine rings is 1. The molecule has 1 aromatic carbocycles. The quantitative estimate of drug-likeness (QED) is 0.926. The summed E-state index contributed by atoms with van der Waals surface area (Å²) in [4.78, 5) is 4.90. The van der Waals surface area contributed by atoms with Crippen molar-refractivity contribution in [3.8, 4) is 0 Å². The molecular formula is C18H28FN3. The summed E-state index contributed by atoms with van der Waals surface area (Å²) in [6.45, 7) is 10.5. The Morgan fingerprint density at radius 3 is 2.50 bits per heavy atom. The molecular weight excluding hydrogens is 277 g/mol. The van der Waals surface area contributed by atoms with E-state index in [1.54, 1.807) is 0 Å². The van der Waals surface area contributed by atoms with Crippen LogP contribution in [0.5, 0.6) is 0 Å². The number of hydrogen-bond acceptors (Lipinski definition) is 3. The summed E-state index contributed by atoms with van der Waals surface area (Å²) < 4.78 is 13.4. The van der Waals surface area contributed by atoms with Gasteiger partial charge in [-0.1, -0.05) is 12.1 Å². The highest BCUT2D eigenvalue weighted by Gasteiger charge is 2.22. The SMILES string of the molecule is Cc1ccc(C(C)N2CCNCC2)cc1N1CCC(F)CC1. The summed E-state index contributed by atoms with van der Waals surface area (Å²) in [5.41, 5.74) is 3.98. The normalized spacial score (nSPS) is 22.8. The van der Waals surface area contributed by atoms with Gasteiger partial charge in [0.2, 0.25) is 0 Å². The molecule has 2 saturated heterocycles. The maximum Gasteiger partial charge on any atom is 0.103 e. The minimum atomic E-state index is -0.612. The first-order valence-electron chi connectivity index (χ1n) is 8.59. The van der Waals surface area contributed by atoms with E-state index in [0.717, 1.165) is 39.3 Å². The maximum atomic E-state index is 13.4. The number of aryl methyl sites for hydroxylation is 1. The minimum absolute atomic E-state index is 0.445. The highest BCUT2D eigenvalue weighted by molar-refractivity contribution is 5.55. The number of nitrogens with zero attached hydrogens (tertiary/aromatic N) is 2. The number of alkyl halides is 1. The highest BCUT2D eigenvalue weighted by atomic mass is 19.1. The number of piperazine rings is 1. The molecule has 0 spiro atoms. The van der Waals surface area contributed by atoms with Crippen molar-refractivity contribution in [2.45, 2.75) is 38.9 Å². The standard InChI is InChI=1S/C18H28FN3/c1-14-3-4-16(15(2)21-11-7-20-8-12-21)13-18(14)22-9-5-17(19)6-10-22/h3-4,13,15,17,20H,5-12H2,1-2H3. The van der Waals surface area contributed by atoms with E-state index in [1.807, 2.05) is 0 Å². The van der Waals surface area contributed by atoms with Gasteiger partial charge in [0.25, 0.3) is 0 Å². The molecule has 1 N–H and O–H groups in total. The topological polar surface area (TPSA) is 18.5 Å². The largest absolute Gasteiger partial charge is 0.371 e. The van der Waals surface area contributed by atoms with Crippen LogP contribution in [0.4, 0.5) is 10.1 Å². The molecule has 3 nitrogen and oxygen atoms in total. The van der Waals surface area contributed by atoms with Gasteiger partial charge in [-0.05, 0) is 43.9 Å². The fourth-order valence-corrected chi connectivity index (χ4v) is 3.60. The predicted octanol–water partition coefficient (Wildman–Crippen LogP) is 2.90. The van der Waals surface area contributed by atoms with Crippen LogP contribution in [-0.4, -0.2) is 50.3 Å². The Morgan fingerprint density at radius 2 is 1.82 bits per heavy atom. The Bertz CT molecular complexity index is 491. The van der Waals surface area contributed by atoms with Gasteiger partial charge in [-0.2, -0.15) is 0 Å². The van der Waals surface area contributed by atoms with Crippen LogP contribution >= 0.6 is 0 Å². The van der Waals surface area contributed by atoms with Crippen molar-refractivity contribution < 1.29 is 4.39 Å². The third-order valence-electron chi connectivity index (χ3n) is 5.18. The number of hydrogen-bond donors (Lipinski definition) is 1. The molecule has 0 radical (unpaired) electrons. The molecule has 0 aromatic heterocycles. The average molecular weight is 305 g/mol. The molecule has 0 saturated carbocycles. The van der Waals surface area contributed by atoms with Crippen molar-refractivity contribution in [3.63, 3.8) is 0 Å². The van der Waals surface area contributed by atoms with Gasteiger partial charge in [0.1, 0.15) is 6.17 Å². The van der Waals surface area contributed by atoms with E-state index in [1.165, 1.54) is 16.8 Å². The number of nitrogens with one attached hydrogen (secondary N) is 1. The van der Waals surface area contributed by atoms with Gasteiger partial charge < -0.3 is 10.2 Å².